The smallest absolute Gasteiger partial charge is 0.274 e. The number of aromatic nitrogens is 3. The second-order valence-corrected chi connectivity index (χ2v) is 3.87. The van der Waals surface area contributed by atoms with E-state index in [9.17, 15) is 4.79 Å². The van der Waals surface area contributed by atoms with E-state index in [4.69, 9.17) is 0 Å². The molecule has 0 amide bonds. The number of aromatic amines is 1. The van der Waals surface area contributed by atoms with Crippen molar-refractivity contribution in [2.75, 3.05) is 5.43 Å². The van der Waals surface area contributed by atoms with Crippen LogP contribution in [0.3, 0.4) is 0 Å². The minimum absolute atomic E-state index is 0.238. The molecule has 0 saturated carbocycles. The molecule has 0 saturated heterocycles. The summed E-state index contributed by atoms with van der Waals surface area (Å²) in [4.78, 5) is 13.8. The van der Waals surface area contributed by atoms with Crippen molar-refractivity contribution in [2.45, 2.75) is 26.2 Å². The van der Waals surface area contributed by atoms with Crippen molar-refractivity contribution in [2.24, 2.45) is 0 Å². The summed E-state index contributed by atoms with van der Waals surface area (Å²) in [6, 6.07) is 0. The zero-order chi connectivity index (χ0) is 12.1. The molecule has 0 aliphatic heterocycles. The Balaban J connectivity index is 1.91. The average molecular weight is 233 g/mol. The van der Waals surface area contributed by atoms with E-state index in [2.05, 4.69) is 38.2 Å². The largest absolute Gasteiger partial charge is 0.306 e. The molecule has 90 valence electrons. The van der Waals surface area contributed by atoms with Crippen molar-refractivity contribution in [1.29, 1.82) is 0 Å². The number of hydrogen-bond donors (Lipinski definition) is 3. The van der Waals surface area contributed by atoms with Gasteiger partial charge in [0, 0.05) is 6.20 Å². The summed E-state index contributed by atoms with van der Waals surface area (Å²) < 4.78 is 0. The van der Waals surface area contributed by atoms with Crippen LogP contribution in [0.4, 0.5) is 5.95 Å². The summed E-state index contributed by atoms with van der Waals surface area (Å²) in [6.45, 7) is 1.61. The van der Waals surface area contributed by atoms with Gasteiger partial charge in [-0.25, -0.2) is 0 Å². The van der Waals surface area contributed by atoms with Gasteiger partial charge in [0.2, 0.25) is 5.95 Å². The highest BCUT2D eigenvalue weighted by Gasteiger charge is 2.00. The van der Waals surface area contributed by atoms with Crippen LogP contribution in [0.25, 0.3) is 0 Å². The number of nitrogens with one attached hydrogen (secondary N) is 3. The number of hydrogen-bond acceptors (Lipinski definition) is 5. The molecule has 1 aliphatic carbocycles. The summed E-state index contributed by atoms with van der Waals surface area (Å²) >= 11 is 0. The lowest BCUT2D eigenvalue weighted by Gasteiger charge is -2.09. The van der Waals surface area contributed by atoms with E-state index in [0.29, 0.717) is 11.6 Å². The summed E-state index contributed by atoms with van der Waals surface area (Å²) in [7, 11) is 0. The predicted molar refractivity (Wildman–Crippen MR) is 65.2 cm³/mol. The van der Waals surface area contributed by atoms with Gasteiger partial charge in [-0.2, -0.15) is 0 Å². The van der Waals surface area contributed by atoms with Gasteiger partial charge in [0.15, 0.2) is 0 Å². The van der Waals surface area contributed by atoms with E-state index in [0.717, 1.165) is 19.3 Å². The minimum Gasteiger partial charge on any atom is -0.306 e. The van der Waals surface area contributed by atoms with Gasteiger partial charge in [-0.15, -0.1) is 10.2 Å². The normalized spacial score (nSPS) is 17.1. The number of hydrazine groups is 1. The lowest BCUT2D eigenvalue weighted by molar-refractivity contribution is 0.845. The van der Waals surface area contributed by atoms with Gasteiger partial charge in [0.1, 0.15) is 5.69 Å². The molecule has 3 N–H and O–H groups in total. The molecule has 0 radical (unpaired) electrons. The second-order valence-electron chi connectivity index (χ2n) is 3.87. The number of nitrogens with zero attached hydrogens (tertiary/aromatic N) is 2. The van der Waals surface area contributed by atoms with E-state index in [1.807, 2.05) is 6.20 Å². The highest BCUT2D eigenvalue weighted by molar-refractivity contribution is 5.21. The molecule has 2 rings (SSSR count). The van der Waals surface area contributed by atoms with Crippen molar-refractivity contribution in [3.8, 4) is 0 Å². The van der Waals surface area contributed by atoms with E-state index in [1.54, 1.807) is 6.92 Å². The van der Waals surface area contributed by atoms with Gasteiger partial charge < -0.3 is 5.43 Å². The molecule has 0 atom stereocenters. The van der Waals surface area contributed by atoms with Gasteiger partial charge in [0.05, 0.1) is 0 Å². The Morgan fingerprint density at radius 3 is 3.00 bits per heavy atom. The number of allylic oxidation sites excluding steroid dienone is 3. The molecule has 0 bridgehead atoms. The van der Waals surface area contributed by atoms with E-state index in [1.165, 1.54) is 5.57 Å². The van der Waals surface area contributed by atoms with Crippen LogP contribution in [0.1, 0.15) is 25.0 Å². The fraction of sp³-hybridized carbons (Fsp3) is 0.364. The first-order chi connectivity index (χ1) is 8.25. The van der Waals surface area contributed by atoms with Crippen LogP contribution < -0.4 is 16.4 Å². The third kappa shape index (κ3) is 3.17. The van der Waals surface area contributed by atoms with Crippen molar-refractivity contribution < 1.29 is 0 Å². The molecule has 6 heteroatoms. The fourth-order valence-electron chi connectivity index (χ4n) is 1.51. The van der Waals surface area contributed by atoms with E-state index >= 15 is 0 Å². The first kappa shape index (κ1) is 11.4. The molecule has 1 aromatic heterocycles. The molecule has 17 heavy (non-hydrogen) atoms. The minimum atomic E-state index is -0.238. The Bertz CT molecular complexity index is 503. The van der Waals surface area contributed by atoms with Gasteiger partial charge >= 0.3 is 0 Å². The van der Waals surface area contributed by atoms with Crippen molar-refractivity contribution in [3.05, 3.63) is 40.0 Å². The maximum Gasteiger partial charge on any atom is 0.274 e. The first-order valence-electron chi connectivity index (χ1n) is 5.54. The molecule has 0 aromatic carbocycles. The highest BCUT2D eigenvalue weighted by Crippen LogP contribution is 2.15. The molecular formula is C11H15N5O. The molecule has 0 spiro atoms. The number of H-pyrrole nitrogens is 1. The standard InChI is InChI=1S/C11H15N5O/c1-8-10(17)13-11(16-14-8)15-12-7-9-5-3-2-4-6-9/h2-3,7,12H,4-6H2,1H3,(H2,13,15,16,17)/b9-7+. The third-order valence-electron chi connectivity index (χ3n) is 2.51. The van der Waals surface area contributed by atoms with Crippen molar-refractivity contribution >= 4 is 5.95 Å². The Morgan fingerprint density at radius 2 is 2.29 bits per heavy atom. The SMILES string of the molecule is Cc1nnc(NN/C=C2\CC=CCC2)[nH]c1=O. The Kier molecular flexibility index (Phi) is 3.54. The van der Waals surface area contributed by atoms with Crippen molar-refractivity contribution in [3.63, 3.8) is 0 Å². The molecule has 1 heterocycles. The zero-order valence-corrected chi connectivity index (χ0v) is 9.66. The van der Waals surface area contributed by atoms with Gasteiger partial charge in [-0.3, -0.25) is 15.2 Å². The number of aryl methyl sites for hydroxylation is 1. The van der Waals surface area contributed by atoms with Crippen molar-refractivity contribution in [1.82, 2.24) is 20.6 Å². The van der Waals surface area contributed by atoms with Crippen LogP contribution in [0.5, 0.6) is 0 Å². The van der Waals surface area contributed by atoms with Crippen LogP contribution in [-0.4, -0.2) is 15.2 Å². The summed E-state index contributed by atoms with van der Waals surface area (Å²) in [5.74, 6) is 0.309. The van der Waals surface area contributed by atoms with Gasteiger partial charge in [-0.1, -0.05) is 12.2 Å². The highest BCUT2D eigenvalue weighted by atomic mass is 16.1. The quantitative estimate of drug-likeness (QED) is 0.536. The topological polar surface area (TPSA) is 82.7 Å². The molecular weight excluding hydrogens is 218 g/mol. The summed E-state index contributed by atoms with van der Waals surface area (Å²) in [5, 5.41) is 7.52. The third-order valence-corrected chi connectivity index (χ3v) is 2.51. The van der Waals surface area contributed by atoms with Crippen LogP contribution in [0, 0.1) is 6.92 Å². The van der Waals surface area contributed by atoms with E-state index < -0.39 is 0 Å². The van der Waals surface area contributed by atoms with Gasteiger partial charge in [0.25, 0.3) is 5.56 Å². The summed E-state index contributed by atoms with van der Waals surface area (Å²) in [6.07, 6.45) is 9.31. The maximum atomic E-state index is 11.3. The average Bonchev–Trinajstić information content (AvgIpc) is 2.35. The lowest BCUT2D eigenvalue weighted by Crippen LogP contribution is -2.23. The molecule has 0 fully saturated rings. The van der Waals surface area contributed by atoms with Crippen LogP contribution in [0.15, 0.2) is 28.7 Å². The molecule has 1 aromatic rings. The Hall–Kier alpha value is -2.11. The Labute approximate surface area is 98.8 Å². The van der Waals surface area contributed by atoms with Gasteiger partial charge in [-0.05, 0) is 31.8 Å². The second kappa shape index (κ2) is 5.29. The summed E-state index contributed by atoms with van der Waals surface area (Å²) in [5.41, 5.74) is 7.10. The van der Waals surface area contributed by atoms with Crippen LogP contribution in [0.2, 0.25) is 0 Å². The first-order valence-corrected chi connectivity index (χ1v) is 5.54. The number of anilines is 1. The van der Waals surface area contributed by atoms with E-state index in [-0.39, 0.29) is 5.56 Å². The maximum absolute atomic E-state index is 11.3. The Morgan fingerprint density at radius 1 is 1.41 bits per heavy atom. The monoisotopic (exact) mass is 233 g/mol. The predicted octanol–water partition coefficient (Wildman–Crippen LogP) is 1.01. The molecule has 6 nitrogen and oxygen atoms in total. The van der Waals surface area contributed by atoms with Crippen LogP contribution in [-0.2, 0) is 0 Å². The molecule has 0 unspecified atom stereocenters. The zero-order valence-electron chi connectivity index (χ0n) is 9.66. The lowest BCUT2D eigenvalue weighted by atomic mass is 10.0. The fourth-order valence-corrected chi connectivity index (χ4v) is 1.51. The molecule has 1 aliphatic rings. The number of rotatable bonds is 3. The van der Waals surface area contributed by atoms with Crippen LogP contribution >= 0.6 is 0 Å².